The predicted octanol–water partition coefficient (Wildman–Crippen LogP) is 0.945. The van der Waals surface area contributed by atoms with Crippen LogP contribution < -0.4 is 5.56 Å². The van der Waals surface area contributed by atoms with Crippen molar-refractivity contribution in [1.29, 1.82) is 0 Å². The Morgan fingerprint density at radius 2 is 2.00 bits per heavy atom. The van der Waals surface area contributed by atoms with Crippen LogP contribution in [-0.4, -0.2) is 26.0 Å². The molecule has 0 radical (unpaired) electrons. The molecule has 0 bridgehead atoms. The van der Waals surface area contributed by atoms with E-state index in [1.54, 1.807) is 31.2 Å². The van der Waals surface area contributed by atoms with E-state index in [4.69, 9.17) is 5.11 Å². The van der Waals surface area contributed by atoms with Gasteiger partial charge in [0.25, 0.3) is 5.56 Å². The topological polar surface area (TPSA) is 92.4 Å². The fourth-order valence-corrected chi connectivity index (χ4v) is 1.57. The van der Waals surface area contributed by atoms with Gasteiger partial charge in [0.2, 0.25) is 5.69 Å². The lowest BCUT2D eigenvalue weighted by atomic mass is 10.2. The number of aromatic carboxylic acids is 1. The minimum Gasteiger partial charge on any atom is -0.505 e. The first-order chi connectivity index (χ1) is 8.50. The first kappa shape index (κ1) is 11.8. The molecule has 0 unspecified atom stereocenters. The quantitative estimate of drug-likeness (QED) is 0.822. The number of nitrogens with zero attached hydrogens (tertiary/aromatic N) is 2. The van der Waals surface area contributed by atoms with Crippen LogP contribution in [0.1, 0.15) is 16.1 Å². The number of aryl methyl sites for hydroxylation is 1. The van der Waals surface area contributed by atoms with Crippen LogP contribution in [0, 0.1) is 6.92 Å². The minimum atomic E-state index is -1.39. The average Bonchev–Trinajstić information content (AvgIpc) is 2.30. The molecule has 0 saturated carbocycles. The Kier molecular flexibility index (Phi) is 2.85. The smallest absolute Gasteiger partial charge is 0.360 e. The van der Waals surface area contributed by atoms with E-state index in [2.05, 4.69) is 5.10 Å². The van der Waals surface area contributed by atoms with Gasteiger partial charge in [-0.1, -0.05) is 18.2 Å². The molecule has 0 atom stereocenters. The lowest BCUT2D eigenvalue weighted by Crippen LogP contribution is -2.23. The first-order valence-electron chi connectivity index (χ1n) is 5.13. The molecule has 1 heterocycles. The molecule has 1 aromatic carbocycles. The largest absolute Gasteiger partial charge is 0.505 e. The minimum absolute atomic E-state index is 0.477. The summed E-state index contributed by atoms with van der Waals surface area (Å²) in [5.74, 6) is -2.04. The zero-order valence-electron chi connectivity index (χ0n) is 9.49. The van der Waals surface area contributed by atoms with E-state index >= 15 is 0 Å². The molecular formula is C12H10N2O4. The molecule has 1 aromatic heterocycles. The van der Waals surface area contributed by atoms with Crippen molar-refractivity contribution in [2.75, 3.05) is 0 Å². The van der Waals surface area contributed by atoms with Crippen molar-refractivity contribution >= 4 is 5.97 Å². The zero-order valence-corrected chi connectivity index (χ0v) is 9.49. The molecule has 0 spiro atoms. The van der Waals surface area contributed by atoms with Gasteiger partial charge < -0.3 is 10.2 Å². The Hall–Kier alpha value is -2.63. The van der Waals surface area contributed by atoms with Crippen LogP contribution in [0.3, 0.4) is 0 Å². The van der Waals surface area contributed by atoms with E-state index < -0.39 is 23.0 Å². The molecule has 0 saturated heterocycles. The second-order valence-electron chi connectivity index (χ2n) is 3.72. The van der Waals surface area contributed by atoms with Gasteiger partial charge in [0.05, 0.1) is 5.69 Å². The number of carbonyl (C=O) groups is 1. The van der Waals surface area contributed by atoms with Crippen molar-refractivity contribution in [3.8, 4) is 11.4 Å². The van der Waals surface area contributed by atoms with Gasteiger partial charge in [-0.3, -0.25) is 4.79 Å². The number of aromatic hydroxyl groups is 1. The van der Waals surface area contributed by atoms with Crippen LogP contribution in [0.2, 0.25) is 0 Å². The maximum Gasteiger partial charge on any atom is 0.360 e. The molecule has 2 aromatic rings. The average molecular weight is 246 g/mol. The van der Waals surface area contributed by atoms with Crippen molar-refractivity contribution < 1.29 is 15.0 Å². The van der Waals surface area contributed by atoms with Gasteiger partial charge in [0, 0.05) is 6.07 Å². The van der Waals surface area contributed by atoms with Crippen LogP contribution in [-0.2, 0) is 0 Å². The molecule has 0 aliphatic carbocycles. The summed E-state index contributed by atoms with van der Waals surface area (Å²) in [7, 11) is 0. The van der Waals surface area contributed by atoms with Crippen molar-refractivity contribution in [3.63, 3.8) is 0 Å². The van der Waals surface area contributed by atoms with Gasteiger partial charge in [0.1, 0.15) is 0 Å². The van der Waals surface area contributed by atoms with Crippen LogP contribution in [0.5, 0.6) is 5.75 Å². The van der Waals surface area contributed by atoms with Gasteiger partial charge in [-0.15, -0.1) is 0 Å². The summed E-state index contributed by atoms with van der Waals surface area (Å²) in [5.41, 5.74) is 0.101. The number of hydrogen-bond donors (Lipinski definition) is 2. The highest BCUT2D eigenvalue weighted by Gasteiger charge is 2.15. The molecule has 92 valence electrons. The van der Waals surface area contributed by atoms with Crippen LogP contribution in [0.4, 0.5) is 0 Å². The van der Waals surface area contributed by atoms with Gasteiger partial charge in [-0.25, -0.2) is 4.79 Å². The third-order valence-corrected chi connectivity index (χ3v) is 2.46. The second kappa shape index (κ2) is 4.33. The Balaban J connectivity index is 2.73. The number of aromatic nitrogens is 2. The first-order valence-corrected chi connectivity index (χ1v) is 5.13. The normalized spacial score (nSPS) is 10.3. The number of hydrogen-bond acceptors (Lipinski definition) is 4. The maximum absolute atomic E-state index is 11.7. The molecule has 6 nitrogen and oxygen atoms in total. The number of benzene rings is 1. The fraction of sp³-hybridized carbons (Fsp3) is 0.0833. The standard InChI is InChI=1S/C12H10N2O4/c1-7-4-2-3-5-8(7)14-10(16)6-9(15)11(13-14)12(17)18/h2-6,15H,1H3,(H,17,18). The summed E-state index contributed by atoms with van der Waals surface area (Å²) in [4.78, 5) is 22.6. The Morgan fingerprint density at radius 3 is 2.61 bits per heavy atom. The molecule has 0 aliphatic heterocycles. The lowest BCUT2D eigenvalue weighted by Gasteiger charge is -2.08. The highest BCUT2D eigenvalue weighted by atomic mass is 16.4. The van der Waals surface area contributed by atoms with Crippen molar-refractivity contribution in [2.45, 2.75) is 6.92 Å². The molecule has 0 amide bonds. The highest BCUT2D eigenvalue weighted by Crippen LogP contribution is 2.14. The van der Waals surface area contributed by atoms with E-state index in [9.17, 15) is 14.7 Å². The summed E-state index contributed by atoms with van der Waals surface area (Å²) in [5, 5.41) is 21.9. The molecule has 2 N–H and O–H groups in total. The maximum atomic E-state index is 11.7. The Morgan fingerprint density at radius 1 is 1.33 bits per heavy atom. The Labute approximate surface area is 102 Å². The summed E-state index contributed by atoms with van der Waals surface area (Å²) < 4.78 is 0.957. The third-order valence-electron chi connectivity index (χ3n) is 2.46. The number of carboxylic acid groups (broad SMARTS) is 1. The van der Waals surface area contributed by atoms with E-state index in [-0.39, 0.29) is 0 Å². The van der Waals surface area contributed by atoms with Crippen molar-refractivity contribution in [3.05, 3.63) is 51.9 Å². The third kappa shape index (κ3) is 1.95. The molecule has 18 heavy (non-hydrogen) atoms. The highest BCUT2D eigenvalue weighted by molar-refractivity contribution is 5.88. The Bertz CT molecular complexity index is 676. The number of para-hydroxylation sites is 1. The second-order valence-corrected chi connectivity index (χ2v) is 3.72. The summed E-state index contributed by atoms with van der Waals surface area (Å²) in [6.07, 6.45) is 0. The number of rotatable bonds is 2. The molecular weight excluding hydrogens is 236 g/mol. The van der Waals surface area contributed by atoms with Gasteiger partial charge in [-0.2, -0.15) is 9.78 Å². The van der Waals surface area contributed by atoms with E-state index in [1.807, 2.05) is 0 Å². The number of carboxylic acids is 1. The molecule has 0 aliphatic rings. The van der Waals surface area contributed by atoms with E-state index in [0.29, 0.717) is 5.69 Å². The van der Waals surface area contributed by atoms with Crippen molar-refractivity contribution in [1.82, 2.24) is 9.78 Å². The summed E-state index contributed by atoms with van der Waals surface area (Å²) in [6.45, 7) is 1.77. The lowest BCUT2D eigenvalue weighted by molar-refractivity contribution is 0.0684. The summed E-state index contributed by atoms with van der Waals surface area (Å²) in [6, 6.07) is 7.76. The molecule has 2 rings (SSSR count). The van der Waals surface area contributed by atoms with E-state index in [0.717, 1.165) is 16.3 Å². The monoisotopic (exact) mass is 246 g/mol. The summed E-state index contributed by atoms with van der Waals surface area (Å²) >= 11 is 0. The van der Waals surface area contributed by atoms with Crippen LogP contribution in [0.15, 0.2) is 35.1 Å². The van der Waals surface area contributed by atoms with Crippen LogP contribution >= 0.6 is 0 Å². The van der Waals surface area contributed by atoms with Crippen LogP contribution in [0.25, 0.3) is 5.69 Å². The van der Waals surface area contributed by atoms with Crippen molar-refractivity contribution in [2.24, 2.45) is 0 Å². The molecule has 0 fully saturated rings. The zero-order chi connectivity index (χ0) is 13.3. The molecule has 6 heteroatoms. The van der Waals surface area contributed by atoms with E-state index in [1.165, 1.54) is 0 Å². The predicted molar refractivity (Wildman–Crippen MR) is 63.2 cm³/mol. The fourth-order valence-electron chi connectivity index (χ4n) is 1.57. The SMILES string of the molecule is Cc1ccccc1-n1nc(C(=O)O)c(O)cc1=O. The van der Waals surface area contributed by atoms with Gasteiger partial charge in [0.15, 0.2) is 5.75 Å². The van der Waals surface area contributed by atoms with Gasteiger partial charge in [-0.05, 0) is 18.6 Å². The van der Waals surface area contributed by atoms with Gasteiger partial charge >= 0.3 is 5.97 Å².